The van der Waals surface area contributed by atoms with E-state index in [4.69, 9.17) is 0 Å². The second-order valence-corrected chi connectivity index (χ2v) is 5.93. The zero-order valence-corrected chi connectivity index (χ0v) is 13.7. The number of aryl methyl sites for hydroxylation is 1. The van der Waals surface area contributed by atoms with Crippen molar-refractivity contribution in [1.82, 2.24) is 4.90 Å². The van der Waals surface area contributed by atoms with Crippen LogP contribution in [0.5, 0.6) is 0 Å². The van der Waals surface area contributed by atoms with Crippen molar-refractivity contribution >= 4 is 21.6 Å². The second-order valence-electron chi connectivity index (χ2n) is 5.07. The third-order valence-corrected chi connectivity index (χ3v) is 4.08. The van der Waals surface area contributed by atoms with Crippen molar-refractivity contribution in [2.24, 2.45) is 0 Å². The zero-order chi connectivity index (χ0) is 14.4. The molecular formula is C17H21BrN2. The van der Waals surface area contributed by atoms with Gasteiger partial charge in [0.05, 0.1) is 0 Å². The number of nitrogens with one attached hydrogen (secondary N) is 1. The van der Waals surface area contributed by atoms with Crippen molar-refractivity contribution in [1.29, 1.82) is 0 Å². The molecule has 3 heteroatoms. The summed E-state index contributed by atoms with van der Waals surface area (Å²) in [5, 5.41) is 3.46. The first kappa shape index (κ1) is 15.1. The van der Waals surface area contributed by atoms with E-state index in [1.807, 2.05) is 12.1 Å². The summed E-state index contributed by atoms with van der Waals surface area (Å²) in [6, 6.07) is 16.8. The lowest BCUT2D eigenvalue weighted by Gasteiger charge is -2.19. The number of likely N-dealkylation sites (N-methyl/N-ethyl adjacent to an activating group) is 1. The number of anilines is 1. The van der Waals surface area contributed by atoms with E-state index < -0.39 is 0 Å². The van der Waals surface area contributed by atoms with Gasteiger partial charge in [-0.25, -0.2) is 0 Å². The fraction of sp³-hybridized carbons (Fsp3) is 0.294. The Morgan fingerprint density at radius 1 is 1.05 bits per heavy atom. The third kappa shape index (κ3) is 4.36. The van der Waals surface area contributed by atoms with Gasteiger partial charge in [-0.1, -0.05) is 36.4 Å². The van der Waals surface area contributed by atoms with Crippen LogP contribution in [-0.4, -0.2) is 25.0 Å². The van der Waals surface area contributed by atoms with Gasteiger partial charge >= 0.3 is 0 Å². The summed E-state index contributed by atoms with van der Waals surface area (Å²) in [5.41, 5.74) is 3.91. The molecule has 0 bridgehead atoms. The summed E-state index contributed by atoms with van der Waals surface area (Å²) >= 11 is 3.55. The Morgan fingerprint density at radius 2 is 1.75 bits per heavy atom. The average Bonchev–Trinajstić information content (AvgIpc) is 2.43. The molecular weight excluding hydrogens is 312 g/mol. The van der Waals surface area contributed by atoms with Crippen molar-refractivity contribution in [3.05, 3.63) is 64.1 Å². The Labute approximate surface area is 129 Å². The Morgan fingerprint density at radius 3 is 2.50 bits per heavy atom. The molecule has 0 saturated heterocycles. The topological polar surface area (TPSA) is 15.3 Å². The number of nitrogens with zero attached hydrogens (tertiary/aromatic N) is 1. The highest BCUT2D eigenvalue weighted by atomic mass is 79.9. The Bertz CT molecular complexity index is 554. The van der Waals surface area contributed by atoms with Gasteiger partial charge in [0.25, 0.3) is 0 Å². The highest BCUT2D eigenvalue weighted by Crippen LogP contribution is 2.20. The number of hydrogen-bond acceptors (Lipinski definition) is 2. The monoisotopic (exact) mass is 332 g/mol. The van der Waals surface area contributed by atoms with Crippen molar-refractivity contribution in [3.63, 3.8) is 0 Å². The van der Waals surface area contributed by atoms with Crippen molar-refractivity contribution in [3.8, 4) is 0 Å². The highest BCUT2D eigenvalue weighted by Gasteiger charge is 2.03. The quantitative estimate of drug-likeness (QED) is 0.848. The summed E-state index contributed by atoms with van der Waals surface area (Å²) in [6.45, 7) is 5.10. The van der Waals surface area contributed by atoms with Crippen LogP contribution in [0.4, 0.5) is 5.69 Å². The van der Waals surface area contributed by atoms with Gasteiger partial charge in [0.15, 0.2) is 0 Å². The predicted molar refractivity (Wildman–Crippen MR) is 90.1 cm³/mol. The predicted octanol–water partition coefficient (Wildman–Crippen LogP) is 4.30. The maximum Gasteiger partial charge on any atom is 0.0485 e. The molecule has 2 aromatic rings. The van der Waals surface area contributed by atoms with Crippen LogP contribution in [0.15, 0.2) is 53.0 Å². The molecule has 2 nitrogen and oxygen atoms in total. The van der Waals surface area contributed by atoms with Gasteiger partial charge in [0.2, 0.25) is 0 Å². The van der Waals surface area contributed by atoms with Gasteiger partial charge in [-0.15, -0.1) is 0 Å². The molecule has 0 amide bonds. The van der Waals surface area contributed by atoms with Crippen molar-refractivity contribution < 1.29 is 0 Å². The van der Waals surface area contributed by atoms with E-state index in [0.717, 1.165) is 29.8 Å². The van der Waals surface area contributed by atoms with Gasteiger partial charge < -0.3 is 10.2 Å². The van der Waals surface area contributed by atoms with Crippen LogP contribution in [0, 0.1) is 6.92 Å². The average molecular weight is 333 g/mol. The molecule has 2 aromatic carbocycles. The molecule has 0 atom stereocenters. The summed E-state index contributed by atoms with van der Waals surface area (Å²) in [6.07, 6.45) is 0. The Kier molecular flexibility index (Phi) is 5.62. The molecule has 0 aliphatic heterocycles. The molecule has 0 radical (unpaired) electrons. The molecule has 0 aliphatic rings. The summed E-state index contributed by atoms with van der Waals surface area (Å²) in [4.78, 5) is 2.34. The molecule has 0 unspecified atom stereocenters. The minimum Gasteiger partial charge on any atom is -0.383 e. The fourth-order valence-electron chi connectivity index (χ4n) is 2.14. The number of rotatable bonds is 6. The molecule has 1 N–H and O–H groups in total. The summed E-state index contributed by atoms with van der Waals surface area (Å²) in [5.74, 6) is 0. The molecule has 106 valence electrons. The molecule has 20 heavy (non-hydrogen) atoms. The van der Waals surface area contributed by atoms with E-state index in [1.54, 1.807) is 0 Å². The van der Waals surface area contributed by atoms with Gasteiger partial charge in [-0.3, -0.25) is 0 Å². The van der Waals surface area contributed by atoms with E-state index >= 15 is 0 Å². The molecule has 2 rings (SSSR count). The Balaban J connectivity index is 1.80. The minimum atomic E-state index is 0.936. The first-order valence-electron chi connectivity index (χ1n) is 6.88. The van der Waals surface area contributed by atoms with E-state index in [2.05, 4.69) is 76.5 Å². The lowest BCUT2D eigenvalue weighted by Crippen LogP contribution is -2.25. The molecule has 0 aromatic heterocycles. The number of hydrogen-bond donors (Lipinski definition) is 1. The van der Waals surface area contributed by atoms with Crippen LogP contribution >= 0.6 is 15.9 Å². The molecule has 0 aliphatic carbocycles. The zero-order valence-electron chi connectivity index (χ0n) is 12.1. The van der Waals surface area contributed by atoms with E-state index in [0.29, 0.717) is 0 Å². The number of benzene rings is 2. The fourth-order valence-corrected chi connectivity index (χ4v) is 2.57. The normalized spacial score (nSPS) is 10.8. The van der Waals surface area contributed by atoms with Gasteiger partial charge in [0.1, 0.15) is 0 Å². The van der Waals surface area contributed by atoms with E-state index in [9.17, 15) is 0 Å². The molecule has 0 fully saturated rings. The van der Waals surface area contributed by atoms with Crippen LogP contribution in [0.2, 0.25) is 0 Å². The largest absolute Gasteiger partial charge is 0.383 e. The lowest BCUT2D eigenvalue weighted by molar-refractivity contribution is 0.339. The van der Waals surface area contributed by atoms with Crippen molar-refractivity contribution in [2.75, 3.05) is 25.5 Å². The number of para-hydroxylation sites is 1. The standard InChI is InChI=1S/C17H21BrN2/c1-14-7-3-4-8-15(14)13-20(2)12-11-19-17-10-6-5-9-16(17)18/h3-10,19H,11-13H2,1-2H3. The van der Waals surface area contributed by atoms with E-state index in [1.165, 1.54) is 11.1 Å². The number of halogens is 1. The molecule has 0 heterocycles. The Hall–Kier alpha value is -1.32. The minimum absolute atomic E-state index is 0.936. The summed E-state index contributed by atoms with van der Waals surface area (Å²) < 4.78 is 1.11. The van der Waals surface area contributed by atoms with Crippen LogP contribution in [0.25, 0.3) is 0 Å². The van der Waals surface area contributed by atoms with Crippen molar-refractivity contribution in [2.45, 2.75) is 13.5 Å². The second kappa shape index (κ2) is 7.46. The van der Waals surface area contributed by atoms with Crippen LogP contribution in [0.1, 0.15) is 11.1 Å². The highest BCUT2D eigenvalue weighted by molar-refractivity contribution is 9.10. The van der Waals surface area contributed by atoms with Crippen LogP contribution < -0.4 is 5.32 Å². The molecule has 0 saturated carbocycles. The van der Waals surface area contributed by atoms with E-state index in [-0.39, 0.29) is 0 Å². The summed E-state index contributed by atoms with van der Waals surface area (Å²) in [7, 11) is 2.16. The first-order chi connectivity index (χ1) is 9.66. The SMILES string of the molecule is Cc1ccccc1CN(C)CCNc1ccccc1Br. The lowest BCUT2D eigenvalue weighted by atomic mass is 10.1. The van der Waals surface area contributed by atoms with Crippen LogP contribution in [-0.2, 0) is 6.54 Å². The first-order valence-corrected chi connectivity index (χ1v) is 7.67. The maximum atomic E-state index is 3.55. The smallest absolute Gasteiger partial charge is 0.0485 e. The maximum absolute atomic E-state index is 3.55. The van der Waals surface area contributed by atoms with Crippen LogP contribution in [0.3, 0.4) is 0 Å². The molecule has 0 spiro atoms. The third-order valence-electron chi connectivity index (χ3n) is 3.38. The van der Waals surface area contributed by atoms with Gasteiger partial charge in [-0.05, 0) is 53.2 Å². The van der Waals surface area contributed by atoms with Gasteiger partial charge in [0, 0.05) is 29.8 Å². The van der Waals surface area contributed by atoms with Gasteiger partial charge in [-0.2, -0.15) is 0 Å².